The van der Waals surface area contributed by atoms with Gasteiger partial charge in [0, 0.05) is 25.0 Å². The minimum Gasteiger partial charge on any atom is -0.469 e. The van der Waals surface area contributed by atoms with Crippen LogP contribution in [0.15, 0.2) is 47.1 Å². The Kier molecular flexibility index (Phi) is 3.17. The van der Waals surface area contributed by atoms with Gasteiger partial charge in [0.2, 0.25) is 0 Å². The van der Waals surface area contributed by atoms with E-state index in [0.29, 0.717) is 6.04 Å². The Hall–Kier alpha value is -1.58. The van der Waals surface area contributed by atoms with E-state index in [2.05, 4.69) is 29.6 Å². The maximum atomic E-state index is 6.14. The van der Waals surface area contributed by atoms with Crippen LogP contribution in [0, 0.1) is 0 Å². The van der Waals surface area contributed by atoms with E-state index < -0.39 is 0 Å². The molecule has 0 radical (unpaired) electrons. The van der Waals surface area contributed by atoms with Crippen molar-refractivity contribution in [2.75, 3.05) is 6.54 Å². The van der Waals surface area contributed by atoms with Crippen LogP contribution in [-0.2, 0) is 6.42 Å². The van der Waals surface area contributed by atoms with Crippen molar-refractivity contribution in [2.45, 2.75) is 24.9 Å². The minimum atomic E-state index is 0.169. The molecule has 2 unspecified atom stereocenters. The summed E-state index contributed by atoms with van der Waals surface area (Å²) in [7, 11) is 0. The molecular formula is C15H18N2O. The molecule has 0 saturated heterocycles. The Morgan fingerprint density at radius 1 is 1.17 bits per heavy atom. The van der Waals surface area contributed by atoms with Gasteiger partial charge in [-0.3, -0.25) is 0 Å². The fraction of sp³-hybridized carbons (Fsp3) is 0.333. The molecule has 3 nitrogen and oxygen atoms in total. The lowest BCUT2D eigenvalue weighted by atomic mass is 10.1. The van der Waals surface area contributed by atoms with Gasteiger partial charge in [-0.2, -0.15) is 0 Å². The molecule has 94 valence electrons. The van der Waals surface area contributed by atoms with Gasteiger partial charge in [0.15, 0.2) is 0 Å². The fourth-order valence-corrected chi connectivity index (χ4v) is 2.69. The highest BCUT2D eigenvalue weighted by atomic mass is 16.3. The fourth-order valence-electron chi connectivity index (χ4n) is 2.69. The second-order valence-corrected chi connectivity index (χ2v) is 4.81. The minimum absolute atomic E-state index is 0.169. The van der Waals surface area contributed by atoms with Gasteiger partial charge in [-0.1, -0.05) is 24.3 Å². The van der Waals surface area contributed by atoms with Gasteiger partial charge >= 0.3 is 0 Å². The van der Waals surface area contributed by atoms with Gasteiger partial charge in [0.25, 0.3) is 0 Å². The Bertz CT molecular complexity index is 507. The SMILES string of the molecule is NC1CC(NCCc2ccco2)c2ccccc21. The molecule has 0 saturated carbocycles. The number of rotatable bonds is 4. The summed E-state index contributed by atoms with van der Waals surface area (Å²) in [5.74, 6) is 1.03. The summed E-state index contributed by atoms with van der Waals surface area (Å²) in [5, 5.41) is 3.57. The molecule has 1 aromatic heterocycles. The topological polar surface area (TPSA) is 51.2 Å². The summed E-state index contributed by atoms with van der Waals surface area (Å²) in [6, 6.07) is 12.9. The first-order chi connectivity index (χ1) is 8.84. The van der Waals surface area contributed by atoms with Crippen molar-refractivity contribution in [1.29, 1.82) is 0 Å². The van der Waals surface area contributed by atoms with Gasteiger partial charge in [0.1, 0.15) is 5.76 Å². The molecule has 1 heterocycles. The Labute approximate surface area is 107 Å². The lowest BCUT2D eigenvalue weighted by molar-refractivity contribution is 0.465. The number of fused-ring (bicyclic) bond motifs is 1. The Morgan fingerprint density at radius 3 is 2.78 bits per heavy atom. The van der Waals surface area contributed by atoms with Gasteiger partial charge in [0.05, 0.1) is 6.26 Å². The summed E-state index contributed by atoms with van der Waals surface area (Å²) in [4.78, 5) is 0. The summed E-state index contributed by atoms with van der Waals surface area (Å²) in [5.41, 5.74) is 8.78. The van der Waals surface area contributed by atoms with Crippen molar-refractivity contribution in [2.24, 2.45) is 5.73 Å². The predicted molar refractivity (Wildman–Crippen MR) is 71.1 cm³/mol. The summed E-state index contributed by atoms with van der Waals surface area (Å²) >= 11 is 0. The van der Waals surface area contributed by atoms with E-state index in [0.717, 1.165) is 25.1 Å². The second kappa shape index (κ2) is 4.96. The van der Waals surface area contributed by atoms with Crippen LogP contribution >= 0.6 is 0 Å². The largest absolute Gasteiger partial charge is 0.469 e. The first-order valence-corrected chi connectivity index (χ1v) is 6.45. The second-order valence-electron chi connectivity index (χ2n) is 4.81. The molecule has 18 heavy (non-hydrogen) atoms. The average molecular weight is 242 g/mol. The average Bonchev–Trinajstić information content (AvgIpc) is 3.00. The van der Waals surface area contributed by atoms with Crippen molar-refractivity contribution in [3.63, 3.8) is 0 Å². The van der Waals surface area contributed by atoms with Crippen LogP contribution in [0.5, 0.6) is 0 Å². The van der Waals surface area contributed by atoms with Crippen LogP contribution < -0.4 is 11.1 Å². The number of benzene rings is 1. The molecule has 1 aliphatic rings. The molecule has 3 rings (SSSR count). The van der Waals surface area contributed by atoms with Crippen LogP contribution in [0.2, 0.25) is 0 Å². The summed E-state index contributed by atoms with van der Waals surface area (Å²) in [6.07, 6.45) is 3.62. The molecule has 0 bridgehead atoms. The summed E-state index contributed by atoms with van der Waals surface area (Å²) in [6.45, 7) is 0.916. The maximum Gasteiger partial charge on any atom is 0.105 e. The highest BCUT2D eigenvalue weighted by molar-refractivity contribution is 5.37. The molecule has 3 heteroatoms. The van der Waals surface area contributed by atoms with E-state index in [-0.39, 0.29) is 6.04 Å². The van der Waals surface area contributed by atoms with E-state index in [9.17, 15) is 0 Å². The number of hydrogen-bond donors (Lipinski definition) is 2. The van der Waals surface area contributed by atoms with Crippen LogP contribution in [0.1, 0.15) is 35.4 Å². The lowest BCUT2D eigenvalue weighted by Crippen LogP contribution is -2.22. The molecule has 1 aliphatic carbocycles. The zero-order chi connectivity index (χ0) is 12.4. The quantitative estimate of drug-likeness (QED) is 0.866. The summed E-state index contributed by atoms with van der Waals surface area (Å²) < 4.78 is 5.32. The molecule has 0 fully saturated rings. The highest BCUT2D eigenvalue weighted by Crippen LogP contribution is 2.36. The van der Waals surface area contributed by atoms with Crippen molar-refractivity contribution in [3.05, 3.63) is 59.5 Å². The lowest BCUT2D eigenvalue weighted by Gasteiger charge is -2.13. The molecule has 1 aromatic carbocycles. The van der Waals surface area contributed by atoms with Gasteiger partial charge < -0.3 is 15.5 Å². The first kappa shape index (κ1) is 11.5. The van der Waals surface area contributed by atoms with E-state index in [1.807, 2.05) is 12.1 Å². The van der Waals surface area contributed by atoms with Crippen molar-refractivity contribution >= 4 is 0 Å². The number of hydrogen-bond acceptors (Lipinski definition) is 3. The molecular weight excluding hydrogens is 224 g/mol. The van der Waals surface area contributed by atoms with Crippen LogP contribution in [0.4, 0.5) is 0 Å². The normalized spacial score (nSPS) is 22.1. The monoisotopic (exact) mass is 242 g/mol. The molecule has 2 atom stereocenters. The van der Waals surface area contributed by atoms with Crippen LogP contribution in [0.3, 0.4) is 0 Å². The zero-order valence-corrected chi connectivity index (χ0v) is 10.3. The van der Waals surface area contributed by atoms with E-state index in [4.69, 9.17) is 10.2 Å². The zero-order valence-electron chi connectivity index (χ0n) is 10.3. The van der Waals surface area contributed by atoms with E-state index in [1.165, 1.54) is 11.1 Å². The molecule has 0 amide bonds. The smallest absolute Gasteiger partial charge is 0.105 e. The van der Waals surface area contributed by atoms with Crippen molar-refractivity contribution in [3.8, 4) is 0 Å². The maximum absolute atomic E-state index is 6.14. The Morgan fingerprint density at radius 2 is 2.00 bits per heavy atom. The van der Waals surface area contributed by atoms with Gasteiger partial charge in [-0.25, -0.2) is 0 Å². The Balaban J connectivity index is 1.61. The third-order valence-corrected chi connectivity index (χ3v) is 3.60. The highest BCUT2D eigenvalue weighted by Gasteiger charge is 2.27. The molecule has 0 aliphatic heterocycles. The van der Waals surface area contributed by atoms with Gasteiger partial charge in [-0.15, -0.1) is 0 Å². The standard InChI is InChI=1S/C15H18N2O/c16-14-10-15(13-6-2-1-5-12(13)14)17-8-7-11-4-3-9-18-11/h1-6,9,14-15,17H,7-8,10,16H2. The van der Waals surface area contributed by atoms with E-state index in [1.54, 1.807) is 6.26 Å². The third kappa shape index (κ3) is 2.19. The number of nitrogens with two attached hydrogens (primary N) is 1. The van der Waals surface area contributed by atoms with E-state index >= 15 is 0 Å². The number of furan rings is 1. The first-order valence-electron chi connectivity index (χ1n) is 6.45. The van der Waals surface area contributed by atoms with Gasteiger partial charge in [-0.05, 0) is 29.7 Å². The third-order valence-electron chi connectivity index (χ3n) is 3.60. The van der Waals surface area contributed by atoms with Crippen LogP contribution in [0.25, 0.3) is 0 Å². The van der Waals surface area contributed by atoms with Crippen molar-refractivity contribution in [1.82, 2.24) is 5.32 Å². The molecule has 3 N–H and O–H groups in total. The number of nitrogens with one attached hydrogen (secondary N) is 1. The molecule has 2 aromatic rings. The van der Waals surface area contributed by atoms with Crippen molar-refractivity contribution < 1.29 is 4.42 Å². The van der Waals surface area contributed by atoms with Crippen LogP contribution in [-0.4, -0.2) is 6.54 Å². The molecule has 0 spiro atoms. The predicted octanol–water partition coefficient (Wildman–Crippen LogP) is 2.56.